The van der Waals surface area contributed by atoms with E-state index in [0.29, 0.717) is 52.8 Å². The molecule has 2 aliphatic rings. The first kappa shape index (κ1) is 48.5. The molecule has 0 radical (unpaired) electrons. The zero-order valence-corrected chi connectivity index (χ0v) is 37.3. The van der Waals surface area contributed by atoms with E-state index >= 15 is 0 Å². The third-order valence-electron chi connectivity index (χ3n) is 11.0. The highest BCUT2D eigenvalue weighted by Gasteiger charge is 2.27. The van der Waals surface area contributed by atoms with Crippen LogP contribution in [0.25, 0.3) is 12.2 Å². The van der Waals surface area contributed by atoms with Gasteiger partial charge in [-0.05, 0) is 106 Å². The molecule has 1 aromatic rings. The third kappa shape index (κ3) is 18.4. The van der Waals surface area contributed by atoms with Gasteiger partial charge in [0.2, 0.25) is 5.69 Å². The zero-order chi connectivity index (χ0) is 42.4. The van der Waals surface area contributed by atoms with E-state index < -0.39 is 5.97 Å². The van der Waals surface area contributed by atoms with Crippen LogP contribution in [-0.4, -0.2) is 58.8 Å². The van der Waals surface area contributed by atoms with E-state index in [4.69, 9.17) is 18.9 Å². The molecule has 0 unspecified atom stereocenters. The van der Waals surface area contributed by atoms with Crippen LogP contribution >= 0.6 is 0 Å². The first-order valence-corrected chi connectivity index (χ1v) is 21.4. The highest BCUT2D eigenvalue weighted by atomic mass is 16.6. The number of aliphatic carboxylic acids is 1. The molecule has 0 N–H and O–H groups in total. The van der Waals surface area contributed by atoms with Gasteiger partial charge in [0.25, 0.3) is 0 Å². The minimum absolute atomic E-state index is 0.111. The summed E-state index contributed by atoms with van der Waals surface area (Å²) in [6.07, 6.45) is 33.8. The normalized spacial score (nSPS) is 18.3. The molecule has 0 saturated carbocycles. The average Bonchev–Trinajstić information content (AvgIpc) is 3.14. The molecule has 0 atom stereocenters. The fourth-order valence-corrected chi connectivity index (χ4v) is 7.58. The van der Waals surface area contributed by atoms with Crippen molar-refractivity contribution in [2.45, 2.75) is 114 Å². The molecule has 0 amide bonds. The van der Waals surface area contributed by atoms with Crippen LogP contribution in [0.2, 0.25) is 0 Å². The van der Waals surface area contributed by atoms with E-state index in [-0.39, 0.29) is 23.9 Å². The molecular formula is C51H73NO6. The molecule has 1 aromatic heterocycles. The monoisotopic (exact) mass is 796 g/mol. The molecule has 0 fully saturated rings. The molecule has 0 spiro atoms. The van der Waals surface area contributed by atoms with E-state index in [2.05, 4.69) is 152 Å². The van der Waals surface area contributed by atoms with Gasteiger partial charge in [-0.3, -0.25) is 0 Å². The topological polar surface area (TPSA) is 80.9 Å². The largest absolute Gasteiger partial charge is 0.550 e. The van der Waals surface area contributed by atoms with Gasteiger partial charge in [-0.15, -0.1) is 0 Å². The minimum Gasteiger partial charge on any atom is -0.550 e. The van der Waals surface area contributed by atoms with E-state index in [9.17, 15) is 9.90 Å². The SMILES string of the molecule is CC1=C(/C=C/C(C)=C/C=C/C(C)=C/c2cc(/C=C/C=C(C)/C=C/C3=C(C)CCCC3(C)C)cc[n+]2CCOCCOCCOCCOCCC(=O)[O-])C(C)(C)CCC1. The lowest BCUT2D eigenvalue weighted by Crippen LogP contribution is -2.39. The van der Waals surface area contributed by atoms with E-state index in [0.717, 1.165) is 16.8 Å². The minimum atomic E-state index is -1.12. The van der Waals surface area contributed by atoms with Gasteiger partial charge in [-0.2, -0.15) is 4.57 Å². The lowest BCUT2D eigenvalue weighted by Gasteiger charge is -2.33. The Balaban J connectivity index is 1.63. The Kier molecular flexibility index (Phi) is 21.4. The molecule has 0 aliphatic heterocycles. The second-order valence-electron chi connectivity index (χ2n) is 17.1. The number of carboxylic acids is 1. The number of hydrogen-bond donors (Lipinski definition) is 0. The van der Waals surface area contributed by atoms with Gasteiger partial charge in [-0.25, -0.2) is 0 Å². The summed E-state index contributed by atoms with van der Waals surface area (Å²) in [6, 6.07) is 4.38. The quantitative estimate of drug-likeness (QED) is 0.0589. The number of pyridine rings is 1. The zero-order valence-electron chi connectivity index (χ0n) is 37.3. The predicted octanol–water partition coefficient (Wildman–Crippen LogP) is 10.2. The van der Waals surface area contributed by atoms with Crippen molar-refractivity contribution in [1.29, 1.82) is 0 Å². The van der Waals surface area contributed by atoms with E-state index in [1.807, 2.05) is 0 Å². The summed E-state index contributed by atoms with van der Waals surface area (Å²) in [5.41, 5.74) is 12.3. The summed E-state index contributed by atoms with van der Waals surface area (Å²) in [4.78, 5) is 10.4. The van der Waals surface area contributed by atoms with Crippen molar-refractivity contribution in [3.63, 3.8) is 0 Å². The van der Waals surface area contributed by atoms with Crippen LogP contribution in [0, 0.1) is 10.8 Å². The lowest BCUT2D eigenvalue weighted by molar-refractivity contribution is -0.700. The van der Waals surface area contributed by atoms with Gasteiger partial charge in [-0.1, -0.05) is 111 Å². The Hall–Kier alpha value is -3.88. The number of carbonyl (C=O) groups is 1. The molecule has 7 heteroatoms. The summed E-state index contributed by atoms with van der Waals surface area (Å²) in [5.74, 6) is -1.12. The van der Waals surface area contributed by atoms with Crippen molar-refractivity contribution in [1.82, 2.24) is 0 Å². The molecule has 3 rings (SSSR count). The van der Waals surface area contributed by atoms with E-state index in [1.54, 1.807) is 0 Å². The molecule has 7 nitrogen and oxygen atoms in total. The molecule has 2 aliphatic carbocycles. The van der Waals surface area contributed by atoms with Gasteiger partial charge >= 0.3 is 0 Å². The number of carboxylic acid groups (broad SMARTS) is 1. The maximum Gasteiger partial charge on any atom is 0.206 e. The molecule has 58 heavy (non-hydrogen) atoms. The van der Waals surface area contributed by atoms with Crippen molar-refractivity contribution >= 4 is 18.1 Å². The van der Waals surface area contributed by atoms with Crippen LogP contribution in [0.5, 0.6) is 0 Å². The van der Waals surface area contributed by atoms with Crippen LogP contribution < -0.4 is 9.67 Å². The van der Waals surface area contributed by atoms with Crippen molar-refractivity contribution in [2.75, 3.05) is 52.9 Å². The van der Waals surface area contributed by atoms with Crippen LogP contribution in [0.15, 0.2) is 112 Å². The average molecular weight is 796 g/mol. The predicted molar refractivity (Wildman–Crippen MR) is 238 cm³/mol. The Morgan fingerprint density at radius 2 is 1.19 bits per heavy atom. The summed E-state index contributed by atoms with van der Waals surface area (Å²) in [7, 11) is 0. The smallest absolute Gasteiger partial charge is 0.206 e. The Labute approximate surface area is 351 Å². The maximum absolute atomic E-state index is 10.4. The first-order chi connectivity index (χ1) is 27.7. The molecule has 1 heterocycles. The van der Waals surface area contributed by atoms with Crippen molar-refractivity contribution < 1.29 is 33.4 Å². The van der Waals surface area contributed by atoms with Crippen LogP contribution in [0.1, 0.15) is 119 Å². The van der Waals surface area contributed by atoms with Gasteiger partial charge < -0.3 is 28.8 Å². The van der Waals surface area contributed by atoms with Crippen molar-refractivity contribution in [3.05, 3.63) is 123 Å². The molecule has 318 valence electrons. The van der Waals surface area contributed by atoms with E-state index in [1.165, 1.54) is 72.0 Å². The highest BCUT2D eigenvalue weighted by Crippen LogP contribution is 2.41. The number of nitrogens with zero attached hydrogens (tertiary/aromatic N) is 1. The van der Waals surface area contributed by atoms with Gasteiger partial charge in [0.05, 0.1) is 46.2 Å². The van der Waals surface area contributed by atoms with Gasteiger partial charge in [0.15, 0.2) is 12.7 Å². The van der Waals surface area contributed by atoms with Crippen LogP contribution in [0.4, 0.5) is 0 Å². The standard InChI is InChI=1S/C51H73NO6/c1-40(20-22-47-43(4)17-12-26-50(47,6)7)14-10-16-42(3)38-46-39-45(19-11-15-41(2)21-23-48-44(5)18-13-27-51(48,8)9)24-28-52(46)29-31-56-33-35-58-37-36-57-34-32-55-30-25-49(53)54/h10-11,14-16,19-24,28,38-39H,12-13,17-18,25-27,29-37H2,1-9H3/b16-10+,19-11+,22-20+,23-21+,40-14+,41-15+,42-38+. The second-order valence-corrected chi connectivity index (χ2v) is 17.1. The number of rotatable bonds is 24. The summed E-state index contributed by atoms with van der Waals surface area (Å²) in [6.45, 7) is 24.5. The molecule has 0 bridgehead atoms. The molecular weight excluding hydrogens is 723 g/mol. The summed E-state index contributed by atoms with van der Waals surface area (Å²) >= 11 is 0. The first-order valence-electron chi connectivity index (χ1n) is 21.4. The Morgan fingerprint density at radius 1 is 0.690 bits per heavy atom. The maximum atomic E-state index is 10.4. The number of allylic oxidation sites excluding steroid dienone is 16. The number of carbonyl (C=O) groups excluding carboxylic acids is 1. The van der Waals surface area contributed by atoms with Crippen LogP contribution in [-0.2, 0) is 30.3 Å². The second kappa shape index (κ2) is 25.6. The van der Waals surface area contributed by atoms with Gasteiger partial charge in [0, 0.05) is 30.6 Å². The molecule has 0 aromatic carbocycles. The summed E-state index contributed by atoms with van der Waals surface area (Å²) < 4.78 is 24.4. The molecule has 0 saturated heterocycles. The van der Waals surface area contributed by atoms with Crippen molar-refractivity contribution in [2.24, 2.45) is 10.8 Å². The van der Waals surface area contributed by atoms with Gasteiger partial charge in [0.1, 0.15) is 6.61 Å². The highest BCUT2D eigenvalue weighted by molar-refractivity contribution is 5.64. The number of aromatic nitrogens is 1. The Bertz CT molecular complexity index is 1760. The number of hydrogen-bond acceptors (Lipinski definition) is 6. The Morgan fingerprint density at radius 3 is 1.71 bits per heavy atom. The fraction of sp³-hybridized carbons (Fsp3) is 0.529. The fourth-order valence-electron chi connectivity index (χ4n) is 7.58. The summed E-state index contributed by atoms with van der Waals surface area (Å²) in [5, 5.41) is 10.4. The van der Waals surface area contributed by atoms with Crippen molar-refractivity contribution in [3.8, 4) is 0 Å². The lowest BCUT2D eigenvalue weighted by atomic mass is 9.72. The van der Waals surface area contributed by atoms with Crippen LogP contribution in [0.3, 0.4) is 0 Å². The number of ether oxygens (including phenoxy) is 4. The third-order valence-corrected chi connectivity index (χ3v) is 11.0.